The van der Waals surface area contributed by atoms with Crippen LogP contribution in [0, 0.1) is 0 Å². The van der Waals surface area contributed by atoms with Gasteiger partial charge >= 0.3 is 0 Å². The first-order valence-electron chi connectivity index (χ1n) is 4.20. The average molecular weight is 243 g/mol. The molecule has 0 aliphatic heterocycles. The van der Waals surface area contributed by atoms with E-state index in [-0.39, 0.29) is 17.0 Å². The summed E-state index contributed by atoms with van der Waals surface area (Å²) in [6, 6.07) is 0. The standard InChI is InChI=1S/C8H20OP.BrH/c1-4-10(5-2,6-3)8-7-9;/h9H,4-8H2,1-3H3;1H/q+1;/p-1. The Bertz CT molecular complexity index is 75.9. The van der Waals surface area contributed by atoms with E-state index < -0.39 is 7.26 Å². The summed E-state index contributed by atoms with van der Waals surface area (Å²) >= 11 is 0. The minimum atomic E-state index is -0.689. The summed E-state index contributed by atoms with van der Waals surface area (Å²) in [5.74, 6) is 0. The van der Waals surface area contributed by atoms with Crippen molar-refractivity contribution in [2.24, 2.45) is 0 Å². The van der Waals surface area contributed by atoms with Crippen molar-refractivity contribution in [3.8, 4) is 0 Å². The minimum Gasteiger partial charge on any atom is -1.00 e. The van der Waals surface area contributed by atoms with Gasteiger partial charge in [0.1, 0.15) is 0 Å². The fraction of sp³-hybridized carbons (Fsp3) is 1.00. The Labute approximate surface area is 81.7 Å². The molecule has 0 spiro atoms. The maximum absolute atomic E-state index is 8.82. The van der Waals surface area contributed by atoms with Crippen LogP contribution in [-0.2, 0) is 0 Å². The van der Waals surface area contributed by atoms with Gasteiger partial charge in [-0.1, -0.05) is 0 Å². The van der Waals surface area contributed by atoms with Gasteiger partial charge in [-0.2, -0.15) is 0 Å². The Morgan fingerprint density at radius 3 is 1.45 bits per heavy atom. The lowest BCUT2D eigenvalue weighted by atomic mass is 10.9. The highest BCUT2D eigenvalue weighted by Crippen LogP contribution is 2.57. The van der Waals surface area contributed by atoms with Crippen LogP contribution in [0.3, 0.4) is 0 Å². The first kappa shape index (κ1) is 14.4. The van der Waals surface area contributed by atoms with Crippen LogP contribution in [0.4, 0.5) is 0 Å². The summed E-state index contributed by atoms with van der Waals surface area (Å²) < 4.78 is 0. The molecule has 0 unspecified atom stereocenters. The normalized spacial score (nSPS) is 10.9. The van der Waals surface area contributed by atoms with Crippen LogP contribution in [0.25, 0.3) is 0 Å². The van der Waals surface area contributed by atoms with E-state index in [0.717, 1.165) is 6.16 Å². The first-order chi connectivity index (χ1) is 4.74. The summed E-state index contributed by atoms with van der Waals surface area (Å²) in [7, 11) is -0.689. The summed E-state index contributed by atoms with van der Waals surface area (Å²) in [5, 5.41) is 8.82. The van der Waals surface area contributed by atoms with Gasteiger partial charge in [-0.25, -0.2) is 0 Å². The predicted octanol–water partition coefficient (Wildman–Crippen LogP) is -0.940. The number of hydrogen-bond acceptors (Lipinski definition) is 1. The Balaban J connectivity index is 0. The number of hydrogen-bond donors (Lipinski definition) is 1. The smallest absolute Gasteiger partial charge is 0.0825 e. The van der Waals surface area contributed by atoms with Crippen LogP contribution < -0.4 is 17.0 Å². The van der Waals surface area contributed by atoms with Gasteiger partial charge in [0, 0.05) is 7.26 Å². The zero-order valence-electron chi connectivity index (χ0n) is 7.81. The SMILES string of the molecule is CC[P+](CC)(CC)CCO.[Br-]. The van der Waals surface area contributed by atoms with Crippen LogP contribution >= 0.6 is 7.26 Å². The monoisotopic (exact) mass is 242 g/mol. The molecular weight excluding hydrogens is 223 g/mol. The quantitative estimate of drug-likeness (QED) is 0.618. The first-order valence-corrected chi connectivity index (χ1v) is 6.73. The topological polar surface area (TPSA) is 20.2 Å². The second-order valence-electron chi connectivity index (χ2n) is 2.74. The molecule has 0 bridgehead atoms. The molecule has 0 aliphatic carbocycles. The van der Waals surface area contributed by atoms with Crippen molar-refractivity contribution in [2.45, 2.75) is 20.8 Å². The molecule has 0 amide bonds. The van der Waals surface area contributed by atoms with E-state index >= 15 is 0 Å². The summed E-state index contributed by atoms with van der Waals surface area (Å²) in [5.41, 5.74) is 0. The van der Waals surface area contributed by atoms with Crippen molar-refractivity contribution < 1.29 is 22.1 Å². The predicted molar refractivity (Wildman–Crippen MR) is 50.5 cm³/mol. The zero-order chi connectivity index (χ0) is 8.04. The van der Waals surface area contributed by atoms with Gasteiger partial charge in [-0.05, 0) is 20.8 Å². The highest BCUT2D eigenvalue weighted by molar-refractivity contribution is 7.75. The Morgan fingerprint density at radius 1 is 1.00 bits per heavy atom. The maximum atomic E-state index is 8.82. The Morgan fingerprint density at radius 2 is 1.36 bits per heavy atom. The molecule has 0 radical (unpaired) electrons. The molecule has 3 heteroatoms. The summed E-state index contributed by atoms with van der Waals surface area (Å²) in [6.07, 6.45) is 5.00. The second kappa shape index (κ2) is 7.52. The summed E-state index contributed by atoms with van der Waals surface area (Å²) in [6.45, 7) is 7.17. The molecule has 0 aromatic rings. The van der Waals surface area contributed by atoms with Crippen LogP contribution in [0.2, 0.25) is 0 Å². The largest absolute Gasteiger partial charge is 1.00 e. The molecule has 0 aromatic heterocycles. The molecule has 0 heterocycles. The lowest BCUT2D eigenvalue weighted by Gasteiger charge is -2.22. The fourth-order valence-corrected chi connectivity index (χ4v) is 4.07. The number of halogens is 1. The molecule has 0 atom stereocenters. The lowest BCUT2D eigenvalue weighted by molar-refractivity contribution is -0.00000353. The van der Waals surface area contributed by atoms with Gasteiger partial charge < -0.3 is 22.1 Å². The van der Waals surface area contributed by atoms with Gasteiger partial charge in [0.15, 0.2) is 0 Å². The molecule has 0 aliphatic rings. The number of aliphatic hydroxyl groups excluding tert-OH is 1. The summed E-state index contributed by atoms with van der Waals surface area (Å²) in [4.78, 5) is 0. The molecule has 0 fully saturated rings. The van der Waals surface area contributed by atoms with Crippen LogP contribution in [0.15, 0.2) is 0 Å². The van der Waals surface area contributed by atoms with Gasteiger partial charge in [-0.15, -0.1) is 0 Å². The number of aliphatic hydroxyl groups is 1. The Kier molecular flexibility index (Phi) is 9.84. The maximum Gasteiger partial charge on any atom is 0.0825 e. The van der Waals surface area contributed by atoms with Gasteiger partial charge in [0.25, 0.3) is 0 Å². The second-order valence-corrected chi connectivity index (χ2v) is 7.77. The highest BCUT2D eigenvalue weighted by atomic mass is 79.9. The van der Waals surface area contributed by atoms with Crippen molar-refractivity contribution in [1.82, 2.24) is 0 Å². The van der Waals surface area contributed by atoms with E-state index in [1.54, 1.807) is 0 Å². The molecule has 0 saturated heterocycles. The van der Waals surface area contributed by atoms with Crippen LogP contribution in [0.5, 0.6) is 0 Å². The molecule has 1 nitrogen and oxygen atoms in total. The van der Waals surface area contributed by atoms with Gasteiger partial charge in [0.05, 0.1) is 31.3 Å². The molecule has 0 rings (SSSR count). The number of rotatable bonds is 5. The van der Waals surface area contributed by atoms with Gasteiger partial charge in [-0.3, -0.25) is 0 Å². The van der Waals surface area contributed by atoms with Crippen LogP contribution in [-0.4, -0.2) is 36.4 Å². The van der Waals surface area contributed by atoms with E-state index in [2.05, 4.69) is 20.8 Å². The van der Waals surface area contributed by atoms with Crippen LogP contribution in [0.1, 0.15) is 20.8 Å². The molecule has 1 N–H and O–H groups in total. The zero-order valence-corrected chi connectivity index (χ0v) is 10.3. The molecule has 0 saturated carbocycles. The molecule has 0 aromatic carbocycles. The lowest BCUT2D eigenvalue weighted by Crippen LogP contribution is -3.00. The minimum absolute atomic E-state index is 0. The third-order valence-electron chi connectivity index (χ3n) is 2.59. The van der Waals surface area contributed by atoms with E-state index in [9.17, 15) is 0 Å². The van der Waals surface area contributed by atoms with Crippen molar-refractivity contribution in [3.63, 3.8) is 0 Å². The third-order valence-corrected chi connectivity index (χ3v) is 7.76. The highest BCUT2D eigenvalue weighted by Gasteiger charge is 2.29. The van der Waals surface area contributed by atoms with E-state index in [4.69, 9.17) is 5.11 Å². The van der Waals surface area contributed by atoms with Crippen molar-refractivity contribution in [3.05, 3.63) is 0 Å². The third kappa shape index (κ3) is 4.45. The Hall–Kier alpha value is 0.870. The van der Waals surface area contributed by atoms with Crippen molar-refractivity contribution >= 4 is 7.26 Å². The van der Waals surface area contributed by atoms with E-state index in [0.29, 0.717) is 6.61 Å². The molecular formula is C8H20BrOP. The molecule has 70 valence electrons. The fourth-order valence-electron chi connectivity index (χ4n) is 1.36. The van der Waals surface area contributed by atoms with E-state index in [1.807, 2.05) is 0 Å². The molecule has 11 heavy (non-hydrogen) atoms. The van der Waals surface area contributed by atoms with Crippen molar-refractivity contribution in [2.75, 3.05) is 31.3 Å². The average Bonchev–Trinajstić information content (AvgIpc) is 2.01. The van der Waals surface area contributed by atoms with Gasteiger partial charge in [0.2, 0.25) is 0 Å². The van der Waals surface area contributed by atoms with E-state index in [1.165, 1.54) is 18.5 Å². The van der Waals surface area contributed by atoms with Crippen molar-refractivity contribution in [1.29, 1.82) is 0 Å².